The Balaban J connectivity index is 0.000000270. The molecule has 0 aliphatic heterocycles. The van der Waals surface area contributed by atoms with Crippen LogP contribution in [0.3, 0.4) is 0 Å². The molecule has 5 heterocycles. The molecule has 7 rings (SSSR count). The van der Waals surface area contributed by atoms with Crippen LogP contribution in [0.4, 0.5) is 0 Å². The van der Waals surface area contributed by atoms with E-state index in [1.54, 1.807) is 12.1 Å². The molecule has 0 N–H and O–H groups in total. The summed E-state index contributed by atoms with van der Waals surface area (Å²) >= 11 is 1.48. The number of hydrogen-bond donors (Lipinski definition) is 0. The number of benzene rings is 2. The van der Waals surface area contributed by atoms with Crippen LogP contribution in [0.5, 0.6) is 0 Å². The molecule has 0 saturated heterocycles. The van der Waals surface area contributed by atoms with Crippen molar-refractivity contribution in [2.75, 3.05) is 0 Å². The van der Waals surface area contributed by atoms with Gasteiger partial charge in [0.15, 0.2) is 0 Å². The van der Waals surface area contributed by atoms with Crippen LogP contribution in [-0.2, 0) is 26.5 Å². The minimum Gasteiger partial charge on any atom is -0.486 e. The van der Waals surface area contributed by atoms with E-state index in [1.165, 1.54) is 23.0 Å². The Bertz CT molecular complexity index is 2220. The van der Waals surface area contributed by atoms with Crippen LogP contribution in [0.25, 0.3) is 54.8 Å². The van der Waals surface area contributed by atoms with Crippen molar-refractivity contribution < 1.29 is 31.4 Å². The van der Waals surface area contributed by atoms with Gasteiger partial charge in [0.25, 0.3) is 0 Å². The molecule has 219 valence electrons. The van der Waals surface area contributed by atoms with Gasteiger partial charge in [-0.3, -0.25) is 4.98 Å². The largest absolute Gasteiger partial charge is 0.486 e. The normalized spacial score (nSPS) is 13.7. The second-order valence-electron chi connectivity index (χ2n) is 11.2. The molecule has 0 amide bonds. The zero-order chi connectivity index (χ0) is 33.7. The first kappa shape index (κ1) is 24.7. The summed E-state index contributed by atoms with van der Waals surface area (Å²) in [4.78, 5) is 15.1. The van der Waals surface area contributed by atoms with Crippen LogP contribution < -0.4 is 0 Å². The van der Waals surface area contributed by atoms with Crippen LogP contribution in [0.1, 0.15) is 49.3 Å². The van der Waals surface area contributed by atoms with Crippen LogP contribution >= 0.6 is 11.3 Å². The molecule has 0 atom stereocenters. The third-order valence-corrected chi connectivity index (χ3v) is 7.70. The fraction of sp³-hybridized carbons (Fsp3) is 0.216. The standard InChI is InChI=1S/C25H23N2OS.C12H10N.Ir/c1-14-9-10-17-16-7-6-8-19(22(16)28-23(17)26-14)21-12-11-18-20(13-25(3,4)5)15(2)29-24(18)27-21;1-10-7-8-12(13-9-10)11-5-3-2-4-6-11;/h6-7,9-12H,13H2,1-5H3;2-5,7-9H,1H3;/q2*-1;/i1D3,13D2;;. The van der Waals surface area contributed by atoms with Crippen LogP contribution in [0.15, 0.2) is 83.4 Å². The fourth-order valence-corrected chi connectivity index (χ4v) is 5.73. The van der Waals surface area contributed by atoms with Crippen LogP contribution in [-0.4, -0.2) is 15.0 Å². The molecule has 0 fully saturated rings. The predicted octanol–water partition coefficient (Wildman–Crippen LogP) is 10.1. The van der Waals surface area contributed by atoms with E-state index in [0.717, 1.165) is 37.1 Å². The molecule has 0 aliphatic rings. The zero-order valence-corrected chi connectivity index (χ0v) is 27.7. The summed E-state index contributed by atoms with van der Waals surface area (Å²) in [6.07, 6.45) is 0.353. The van der Waals surface area contributed by atoms with Gasteiger partial charge in [0.2, 0.25) is 5.71 Å². The Morgan fingerprint density at radius 1 is 0.884 bits per heavy atom. The van der Waals surface area contributed by atoms with Crippen LogP contribution in [0.2, 0.25) is 0 Å². The van der Waals surface area contributed by atoms with E-state index in [9.17, 15) is 0 Å². The van der Waals surface area contributed by atoms with Gasteiger partial charge in [0.05, 0.1) is 5.58 Å². The molecule has 0 bridgehead atoms. The van der Waals surface area contributed by atoms with E-state index in [-0.39, 0.29) is 31.5 Å². The number of nitrogens with zero attached hydrogens (tertiary/aromatic N) is 3. The van der Waals surface area contributed by atoms with Crippen molar-refractivity contribution in [3.05, 3.63) is 113 Å². The average molecular weight is 765 g/mol. The quantitative estimate of drug-likeness (QED) is 0.168. The second kappa shape index (κ2) is 12.5. The van der Waals surface area contributed by atoms with Gasteiger partial charge >= 0.3 is 0 Å². The Labute approximate surface area is 277 Å². The number of furan rings is 1. The smallest absolute Gasteiger partial charge is 0.216 e. The number of pyridine rings is 3. The molecule has 43 heavy (non-hydrogen) atoms. The number of fused-ring (bicyclic) bond motifs is 4. The maximum absolute atomic E-state index is 8.78. The van der Waals surface area contributed by atoms with Crippen molar-refractivity contribution in [3.63, 3.8) is 0 Å². The van der Waals surface area contributed by atoms with Gasteiger partial charge in [0.1, 0.15) is 4.83 Å². The third kappa shape index (κ3) is 6.62. The van der Waals surface area contributed by atoms with Crippen molar-refractivity contribution in [2.24, 2.45) is 5.41 Å². The van der Waals surface area contributed by atoms with Gasteiger partial charge in [-0.05, 0) is 67.1 Å². The molecule has 5 aromatic heterocycles. The minimum atomic E-state index is -2.32. The molecule has 1 radical (unpaired) electrons. The van der Waals surface area contributed by atoms with Crippen molar-refractivity contribution in [1.82, 2.24) is 15.0 Å². The number of aryl methyl sites for hydroxylation is 3. The van der Waals surface area contributed by atoms with Crippen molar-refractivity contribution in [3.8, 4) is 22.5 Å². The van der Waals surface area contributed by atoms with E-state index in [2.05, 4.69) is 28.2 Å². The average Bonchev–Trinajstić information content (AvgIpc) is 3.57. The molecule has 4 nitrogen and oxygen atoms in total. The van der Waals surface area contributed by atoms with Crippen LogP contribution in [0, 0.1) is 38.2 Å². The first-order valence-corrected chi connectivity index (χ1v) is 14.5. The van der Waals surface area contributed by atoms with Gasteiger partial charge in [-0.15, -0.1) is 65.4 Å². The Morgan fingerprint density at radius 3 is 2.42 bits per heavy atom. The summed E-state index contributed by atoms with van der Waals surface area (Å²) in [6, 6.07) is 28.9. The molecule has 6 heteroatoms. The molecule has 2 aromatic carbocycles. The van der Waals surface area contributed by atoms with Gasteiger partial charge in [-0.2, -0.15) is 0 Å². The summed E-state index contributed by atoms with van der Waals surface area (Å²) in [6.45, 7) is 7.36. The first-order valence-electron chi connectivity index (χ1n) is 16.2. The zero-order valence-electron chi connectivity index (χ0n) is 29.5. The van der Waals surface area contributed by atoms with E-state index < -0.39 is 18.6 Å². The summed E-state index contributed by atoms with van der Waals surface area (Å²) in [5.41, 5.74) is 5.41. The van der Waals surface area contributed by atoms with E-state index in [1.807, 2.05) is 89.3 Å². The number of hydrogen-bond acceptors (Lipinski definition) is 5. The van der Waals surface area contributed by atoms with Crippen molar-refractivity contribution in [1.29, 1.82) is 0 Å². The summed E-state index contributed by atoms with van der Waals surface area (Å²) in [5.74, 6) is 0. The van der Waals surface area contributed by atoms with Gasteiger partial charge < -0.3 is 9.40 Å². The summed E-state index contributed by atoms with van der Waals surface area (Å²) in [7, 11) is 0. The predicted molar refractivity (Wildman–Crippen MR) is 175 cm³/mol. The Morgan fingerprint density at radius 2 is 1.70 bits per heavy atom. The van der Waals surface area contributed by atoms with E-state index in [4.69, 9.17) is 16.3 Å². The second-order valence-corrected chi connectivity index (χ2v) is 12.4. The third-order valence-electron chi connectivity index (χ3n) is 6.68. The Kier molecular flexibility index (Phi) is 7.18. The molecule has 0 spiro atoms. The molecule has 0 unspecified atom stereocenters. The Hall–Kier alpha value is -3.70. The van der Waals surface area contributed by atoms with Crippen molar-refractivity contribution in [2.45, 2.75) is 47.8 Å². The summed E-state index contributed by atoms with van der Waals surface area (Å²) in [5, 5.41) is 2.35. The van der Waals surface area contributed by atoms with Gasteiger partial charge in [-0.1, -0.05) is 56.0 Å². The maximum atomic E-state index is 8.78. The monoisotopic (exact) mass is 765 g/mol. The molecule has 7 aromatic rings. The number of thiophene rings is 1. The SMILES string of the molecule is Cc1ccc(-c2[c-]cccc2)nc1.[2H]C([2H])([2H])c1ccc2c(n1)oc1c(-c3ccc4c(C([2H])([2H])C(C)(C)C)c(C)sc4n3)[c-]ccc12.[Ir]. The number of aromatic nitrogens is 3. The first-order chi connectivity index (χ1) is 22.1. The molecular weight excluding hydrogens is 727 g/mol. The molecule has 0 aliphatic carbocycles. The van der Waals surface area contributed by atoms with Gasteiger partial charge in [-0.25, -0.2) is 4.98 Å². The maximum Gasteiger partial charge on any atom is 0.216 e. The van der Waals surface area contributed by atoms with Gasteiger partial charge in [0, 0.05) is 54.5 Å². The summed E-state index contributed by atoms with van der Waals surface area (Å²) < 4.78 is 46.5. The van der Waals surface area contributed by atoms with Crippen molar-refractivity contribution >= 4 is 43.6 Å². The molecule has 0 saturated carbocycles. The van der Waals surface area contributed by atoms with E-state index >= 15 is 0 Å². The topological polar surface area (TPSA) is 51.8 Å². The minimum absolute atomic E-state index is 0. The van der Waals surface area contributed by atoms with E-state index in [0.29, 0.717) is 22.4 Å². The number of rotatable bonds is 3. The molecular formula is C37H33IrN3OS-2. The fourth-order valence-electron chi connectivity index (χ4n) is 4.76.